The van der Waals surface area contributed by atoms with Gasteiger partial charge in [0, 0.05) is 51.6 Å². The summed E-state index contributed by atoms with van der Waals surface area (Å²) in [5, 5.41) is 0. The number of ether oxygens (including phenoxy) is 1. The number of pyridine rings is 1. The van der Waals surface area contributed by atoms with E-state index in [0.717, 1.165) is 43.0 Å². The molecule has 4 rings (SSSR count). The highest BCUT2D eigenvalue weighted by atomic mass is 16.5. The summed E-state index contributed by atoms with van der Waals surface area (Å²) in [5.74, 6) is 0.978. The number of nitrogens with two attached hydrogens (primary N) is 1. The molecule has 24 heavy (non-hydrogen) atoms. The van der Waals surface area contributed by atoms with Gasteiger partial charge in [0.15, 0.2) is 5.65 Å². The quantitative estimate of drug-likeness (QED) is 0.872. The van der Waals surface area contributed by atoms with E-state index in [1.807, 2.05) is 24.0 Å². The number of amides is 1. The van der Waals surface area contributed by atoms with Gasteiger partial charge < -0.3 is 24.8 Å². The molecule has 0 spiro atoms. The molecule has 0 bridgehead atoms. The van der Waals surface area contributed by atoms with Gasteiger partial charge in [-0.25, -0.2) is 9.97 Å². The van der Waals surface area contributed by atoms with Gasteiger partial charge in [-0.2, -0.15) is 0 Å². The first-order valence-electron chi connectivity index (χ1n) is 8.30. The van der Waals surface area contributed by atoms with Crippen molar-refractivity contribution < 1.29 is 9.53 Å². The summed E-state index contributed by atoms with van der Waals surface area (Å²) in [4.78, 5) is 24.8. The second kappa shape index (κ2) is 5.94. The molecule has 8 heteroatoms. The molecule has 4 heterocycles. The Bertz CT molecular complexity index is 767. The number of morpholine rings is 1. The molecule has 128 valence electrons. The Balaban J connectivity index is 1.66. The van der Waals surface area contributed by atoms with Gasteiger partial charge in [-0.1, -0.05) is 0 Å². The molecule has 0 saturated carbocycles. The highest BCUT2D eigenvalue weighted by Crippen LogP contribution is 2.28. The second-order valence-corrected chi connectivity index (χ2v) is 6.58. The zero-order valence-corrected chi connectivity index (χ0v) is 13.8. The van der Waals surface area contributed by atoms with E-state index in [1.54, 1.807) is 4.90 Å². The fourth-order valence-electron chi connectivity index (χ4n) is 3.57. The average Bonchev–Trinajstić information content (AvgIpc) is 3.11. The number of hydrogen-bond acceptors (Lipinski definition) is 6. The van der Waals surface area contributed by atoms with Gasteiger partial charge in [0.2, 0.25) is 5.91 Å². The monoisotopic (exact) mass is 330 g/mol. The zero-order valence-electron chi connectivity index (χ0n) is 13.8. The third-order valence-electron chi connectivity index (χ3n) is 4.80. The minimum Gasteiger partial charge on any atom is -0.384 e. The van der Waals surface area contributed by atoms with Crippen molar-refractivity contribution in [2.75, 3.05) is 50.5 Å². The molecule has 8 nitrogen and oxygen atoms in total. The third-order valence-corrected chi connectivity index (χ3v) is 4.80. The van der Waals surface area contributed by atoms with Crippen LogP contribution in [-0.2, 0) is 16.1 Å². The normalized spacial score (nSPS) is 21.9. The average molecular weight is 330 g/mol. The molecule has 2 saturated heterocycles. The number of likely N-dealkylation sites (tertiary alicyclic amines) is 1. The number of nitrogens with zero attached hydrogens (tertiary/aromatic N) is 5. The summed E-state index contributed by atoms with van der Waals surface area (Å²) < 4.78 is 7.45. The highest BCUT2D eigenvalue weighted by molar-refractivity contribution is 5.88. The van der Waals surface area contributed by atoms with E-state index in [1.165, 1.54) is 0 Å². The Kier molecular flexibility index (Phi) is 3.76. The van der Waals surface area contributed by atoms with Crippen molar-refractivity contribution in [1.29, 1.82) is 0 Å². The van der Waals surface area contributed by atoms with Crippen LogP contribution in [0.5, 0.6) is 0 Å². The van der Waals surface area contributed by atoms with Crippen LogP contribution in [0.25, 0.3) is 11.2 Å². The Morgan fingerprint density at radius 3 is 2.88 bits per heavy atom. The van der Waals surface area contributed by atoms with Gasteiger partial charge in [0.25, 0.3) is 0 Å². The van der Waals surface area contributed by atoms with Crippen LogP contribution in [0.1, 0.15) is 6.42 Å². The molecule has 2 aromatic heterocycles. The number of imidazole rings is 1. The van der Waals surface area contributed by atoms with Crippen molar-refractivity contribution in [3.05, 3.63) is 12.4 Å². The lowest BCUT2D eigenvalue weighted by Gasteiger charge is -2.29. The number of nitrogen functional groups attached to an aromatic ring is 1. The van der Waals surface area contributed by atoms with E-state index >= 15 is 0 Å². The molecule has 1 amide bonds. The van der Waals surface area contributed by atoms with E-state index in [0.29, 0.717) is 25.5 Å². The topological polar surface area (TPSA) is 89.5 Å². The van der Waals surface area contributed by atoms with Crippen molar-refractivity contribution in [2.24, 2.45) is 5.92 Å². The predicted molar refractivity (Wildman–Crippen MR) is 90.7 cm³/mol. The minimum atomic E-state index is 0.200. The highest BCUT2D eigenvalue weighted by Gasteiger charge is 2.28. The molecule has 0 radical (unpaired) electrons. The molecular weight excluding hydrogens is 308 g/mol. The standard InChI is InChI=1S/C16H22N6O2/c1-20-8-11(6-14(20)23)9-22-10-18-15-12(7-13(17)19-16(15)22)21-2-4-24-5-3-21/h7,10-11H,2-6,8-9H2,1H3,(H2,17,19)/t11-/m1/s1. The van der Waals surface area contributed by atoms with Crippen molar-refractivity contribution >= 4 is 28.6 Å². The largest absolute Gasteiger partial charge is 0.384 e. The number of carbonyl (C=O) groups is 1. The van der Waals surface area contributed by atoms with Crippen LogP contribution in [0.2, 0.25) is 0 Å². The summed E-state index contributed by atoms with van der Waals surface area (Å²) in [5.41, 5.74) is 8.71. The number of fused-ring (bicyclic) bond motifs is 1. The van der Waals surface area contributed by atoms with Crippen molar-refractivity contribution in [1.82, 2.24) is 19.4 Å². The SMILES string of the molecule is CN1C[C@H](Cn2cnc3c(N4CCOCC4)cc(N)nc32)CC1=O. The second-order valence-electron chi connectivity index (χ2n) is 6.58. The Hall–Kier alpha value is -2.35. The fourth-order valence-corrected chi connectivity index (χ4v) is 3.57. The number of anilines is 2. The smallest absolute Gasteiger partial charge is 0.222 e. The Morgan fingerprint density at radius 2 is 2.17 bits per heavy atom. The first-order valence-corrected chi connectivity index (χ1v) is 8.30. The maximum absolute atomic E-state index is 11.7. The van der Waals surface area contributed by atoms with E-state index in [2.05, 4.69) is 14.9 Å². The zero-order chi connectivity index (χ0) is 16.7. The van der Waals surface area contributed by atoms with Gasteiger partial charge in [-0.05, 0) is 0 Å². The summed E-state index contributed by atoms with van der Waals surface area (Å²) in [6.07, 6.45) is 2.39. The molecule has 0 aromatic carbocycles. The number of rotatable bonds is 3. The van der Waals surface area contributed by atoms with Gasteiger partial charge in [-0.3, -0.25) is 4.79 Å². The molecule has 0 unspecified atom stereocenters. The lowest BCUT2D eigenvalue weighted by Crippen LogP contribution is -2.36. The van der Waals surface area contributed by atoms with Crippen LogP contribution in [0.15, 0.2) is 12.4 Å². The maximum atomic E-state index is 11.7. The first kappa shape index (κ1) is 15.2. The lowest BCUT2D eigenvalue weighted by molar-refractivity contribution is -0.126. The van der Waals surface area contributed by atoms with E-state index in [9.17, 15) is 4.79 Å². The van der Waals surface area contributed by atoms with Crippen LogP contribution in [0, 0.1) is 5.92 Å². The molecule has 2 fully saturated rings. The van der Waals surface area contributed by atoms with E-state index in [4.69, 9.17) is 10.5 Å². The number of aromatic nitrogens is 3. The molecule has 1 atom stereocenters. The molecule has 2 N–H and O–H groups in total. The fraction of sp³-hybridized carbons (Fsp3) is 0.562. The molecule has 2 aliphatic rings. The Labute approximate surface area is 140 Å². The molecule has 2 aromatic rings. The molecular formula is C16H22N6O2. The molecule has 2 aliphatic heterocycles. The van der Waals surface area contributed by atoms with Crippen LogP contribution in [-0.4, -0.2) is 65.2 Å². The predicted octanol–water partition coefficient (Wildman–Crippen LogP) is 0.328. The van der Waals surface area contributed by atoms with Crippen molar-refractivity contribution in [2.45, 2.75) is 13.0 Å². The van der Waals surface area contributed by atoms with Gasteiger partial charge in [0.1, 0.15) is 11.3 Å². The van der Waals surface area contributed by atoms with E-state index < -0.39 is 0 Å². The van der Waals surface area contributed by atoms with Crippen LogP contribution >= 0.6 is 0 Å². The summed E-state index contributed by atoms with van der Waals surface area (Å²) in [6.45, 7) is 4.57. The minimum absolute atomic E-state index is 0.200. The van der Waals surface area contributed by atoms with Crippen LogP contribution in [0.4, 0.5) is 11.5 Å². The first-order chi connectivity index (χ1) is 11.6. The van der Waals surface area contributed by atoms with Crippen LogP contribution < -0.4 is 10.6 Å². The van der Waals surface area contributed by atoms with Crippen LogP contribution in [0.3, 0.4) is 0 Å². The number of carbonyl (C=O) groups excluding carboxylic acids is 1. The lowest BCUT2D eigenvalue weighted by atomic mass is 10.1. The third kappa shape index (κ3) is 2.66. The molecule has 0 aliphatic carbocycles. The summed E-state index contributed by atoms with van der Waals surface area (Å²) in [7, 11) is 1.85. The van der Waals surface area contributed by atoms with Gasteiger partial charge >= 0.3 is 0 Å². The Morgan fingerprint density at radius 1 is 1.38 bits per heavy atom. The van der Waals surface area contributed by atoms with Gasteiger partial charge in [0.05, 0.1) is 25.2 Å². The van der Waals surface area contributed by atoms with E-state index in [-0.39, 0.29) is 11.8 Å². The van der Waals surface area contributed by atoms with Crippen molar-refractivity contribution in [3.8, 4) is 0 Å². The summed E-state index contributed by atoms with van der Waals surface area (Å²) >= 11 is 0. The number of hydrogen-bond donors (Lipinski definition) is 1. The van der Waals surface area contributed by atoms with Crippen molar-refractivity contribution in [3.63, 3.8) is 0 Å². The summed E-state index contributed by atoms with van der Waals surface area (Å²) in [6, 6.07) is 1.89. The van der Waals surface area contributed by atoms with Gasteiger partial charge in [-0.15, -0.1) is 0 Å². The maximum Gasteiger partial charge on any atom is 0.222 e.